The third-order valence-electron chi connectivity index (χ3n) is 0.189. The van der Waals surface area contributed by atoms with Gasteiger partial charge in [0.15, 0.2) is 0 Å². The fourth-order valence-electron chi connectivity index (χ4n) is 0. The van der Waals surface area contributed by atoms with E-state index in [-0.39, 0.29) is 0 Å². The first-order chi connectivity index (χ1) is 2.27. The Balaban J connectivity index is 3.14. The molecule has 0 atom stereocenters. The van der Waals surface area contributed by atoms with Crippen LogP contribution in [0.5, 0.6) is 0 Å². The molecule has 0 N–H and O–H groups in total. The summed E-state index contributed by atoms with van der Waals surface area (Å²) in [4.78, 5) is 0. The van der Waals surface area contributed by atoms with E-state index in [9.17, 15) is 0 Å². The molecule has 0 aromatic heterocycles. The molecular formula is C3H3Br2. The Kier molecular flexibility index (Phi) is 3.32. The third kappa shape index (κ3) is 4.70. The fourth-order valence-corrected chi connectivity index (χ4v) is 0. The third-order valence-corrected chi connectivity index (χ3v) is 0.982. The standard InChI is InChI=1S/C3H3Br2/c1-2-3(4)5/h1H3. The zero-order valence-corrected chi connectivity index (χ0v) is 5.93. The van der Waals surface area contributed by atoms with Gasteiger partial charge < -0.3 is 0 Å². The number of hydrogen-bond donors (Lipinski definition) is 0. The number of allylic oxidation sites excluding steroid dienone is 1. The van der Waals surface area contributed by atoms with Crippen LogP contribution in [0.15, 0.2) is 3.39 Å². The summed E-state index contributed by atoms with van der Waals surface area (Å²) >= 11 is 6.19. The summed E-state index contributed by atoms with van der Waals surface area (Å²) in [5.74, 6) is 0. The van der Waals surface area contributed by atoms with Crippen molar-refractivity contribution in [3.05, 3.63) is 9.47 Å². The normalized spacial score (nSPS) is 7.00. The topological polar surface area (TPSA) is 0 Å². The van der Waals surface area contributed by atoms with Crippen LogP contribution in [0.3, 0.4) is 0 Å². The molecule has 29 valence electrons. The predicted molar refractivity (Wildman–Crippen MR) is 30.3 cm³/mol. The Hall–Kier alpha value is 0.700. The maximum Gasteiger partial charge on any atom is 0.0636 e. The first-order valence-corrected chi connectivity index (χ1v) is 2.71. The maximum absolute atomic E-state index is 3.10. The summed E-state index contributed by atoms with van der Waals surface area (Å²) in [6.07, 6.45) is 2.78. The van der Waals surface area contributed by atoms with Gasteiger partial charge in [-0.05, 0) is 44.9 Å². The molecule has 0 aromatic rings. The van der Waals surface area contributed by atoms with Gasteiger partial charge in [-0.25, -0.2) is 0 Å². The molecular weight excluding hydrogens is 196 g/mol. The smallest absolute Gasteiger partial charge is 0.0423 e. The van der Waals surface area contributed by atoms with Crippen LogP contribution < -0.4 is 0 Å². The van der Waals surface area contributed by atoms with E-state index < -0.39 is 0 Å². The van der Waals surface area contributed by atoms with Gasteiger partial charge in [0, 0.05) is 0 Å². The molecule has 0 aliphatic rings. The van der Waals surface area contributed by atoms with Gasteiger partial charge in [-0.15, -0.1) is 0 Å². The highest BCUT2D eigenvalue weighted by Crippen LogP contribution is 2.09. The molecule has 5 heavy (non-hydrogen) atoms. The minimum Gasteiger partial charge on any atom is -0.0423 e. The lowest BCUT2D eigenvalue weighted by Crippen LogP contribution is -1.37. The Labute approximate surface area is 48.5 Å². The summed E-state index contributed by atoms with van der Waals surface area (Å²) in [6.45, 7) is 1.82. The van der Waals surface area contributed by atoms with Gasteiger partial charge in [0.25, 0.3) is 0 Å². The Morgan fingerprint density at radius 1 is 1.60 bits per heavy atom. The van der Waals surface area contributed by atoms with Crippen molar-refractivity contribution < 1.29 is 0 Å². The van der Waals surface area contributed by atoms with Crippen molar-refractivity contribution in [3.63, 3.8) is 0 Å². The van der Waals surface area contributed by atoms with Crippen LogP contribution in [0.2, 0.25) is 0 Å². The SMILES string of the molecule is C[C]=C(Br)Br. The molecule has 0 nitrogen and oxygen atoms in total. The molecule has 0 spiro atoms. The molecule has 0 heterocycles. The summed E-state index contributed by atoms with van der Waals surface area (Å²) in [5.41, 5.74) is 0. The monoisotopic (exact) mass is 197 g/mol. The van der Waals surface area contributed by atoms with Crippen molar-refractivity contribution in [1.29, 1.82) is 0 Å². The second kappa shape index (κ2) is 2.91. The van der Waals surface area contributed by atoms with Crippen LogP contribution in [0.1, 0.15) is 6.92 Å². The first kappa shape index (κ1) is 5.70. The van der Waals surface area contributed by atoms with E-state index in [2.05, 4.69) is 37.9 Å². The number of halogens is 2. The van der Waals surface area contributed by atoms with Gasteiger partial charge >= 0.3 is 0 Å². The van der Waals surface area contributed by atoms with Crippen molar-refractivity contribution in [2.75, 3.05) is 0 Å². The van der Waals surface area contributed by atoms with Crippen LogP contribution in [-0.2, 0) is 0 Å². The summed E-state index contributed by atoms with van der Waals surface area (Å²) in [7, 11) is 0. The highest BCUT2D eigenvalue weighted by molar-refractivity contribution is 9.28. The van der Waals surface area contributed by atoms with Gasteiger partial charge in [-0.1, -0.05) is 0 Å². The largest absolute Gasteiger partial charge is 0.0636 e. The average Bonchev–Trinajstić information content (AvgIpc) is 1.38. The van der Waals surface area contributed by atoms with E-state index in [1.54, 1.807) is 0 Å². The number of rotatable bonds is 0. The van der Waals surface area contributed by atoms with E-state index in [0.717, 1.165) is 3.39 Å². The molecule has 0 rings (SSSR count). The molecule has 0 fully saturated rings. The molecule has 0 aromatic carbocycles. The average molecular weight is 199 g/mol. The van der Waals surface area contributed by atoms with Gasteiger partial charge in [0.2, 0.25) is 0 Å². The Morgan fingerprint density at radius 2 is 1.80 bits per heavy atom. The lowest BCUT2D eigenvalue weighted by Gasteiger charge is -1.66. The van der Waals surface area contributed by atoms with E-state index in [0.29, 0.717) is 0 Å². The highest BCUT2D eigenvalue weighted by atomic mass is 79.9. The van der Waals surface area contributed by atoms with Gasteiger partial charge in [0.05, 0.1) is 3.39 Å². The second-order valence-electron chi connectivity index (χ2n) is 0.510. The molecule has 0 saturated heterocycles. The molecule has 0 bridgehead atoms. The fraction of sp³-hybridized carbons (Fsp3) is 0.333. The lowest BCUT2D eigenvalue weighted by atomic mass is 10.8. The van der Waals surface area contributed by atoms with Gasteiger partial charge in [-0.3, -0.25) is 0 Å². The summed E-state index contributed by atoms with van der Waals surface area (Å²) in [5, 5.41) is 0. The molecule has 0 aliphatic carbocycles. The first-order valence-electron chi connectivity index (χ1n) is 1.13. The lowest BCUT2D eigenvalue weighted by molar-refractivity contribution is 1.69. The van der Waals surface area contributed by atoms with Crippen molar-refractivity contribution in [3.8, 4) is 0 Å². The van der Waals surface area contributed by atoms with Crippen LogP contribution in [-0.4, -0.2) is 0 Å². The van der Waals surface area contributed by atoms with Crippen molar-refractivity contribution in [2.24, 2.45) is 0 Å². The molecule has 2 heteroatoms. The predicted octanol–water partition coefficient (Wildman–Crippen LogP) is 2.44. The van der Waals surface area contributed by atoms with Crippen molar-refractivity contribution in [2.45, 2.75) is 6.92 Å². The van der Waals surface area contributed by atoms with Crippen molar-refractivity contribution >= 4 is 31.9 Å². The van der Waals surface area contributed by atoms with Crippen LogP contribution in [0, 0.1) is 6.08 Å². The molecule has 0 unspecified atom stereocenters. The Morgan fingerprint density at radius 3 is 1.80 bits per heavy atom. The zero-order chi connectivity index (χ0) is 4.28. The zero-order valence-electron chi connectivity index (χ0n) is 2.76. The number of hydrogen-bond acceptors (Lipinski definition) is 0. The molecule has 0 amide bonds. The van der Waals surface area contributed by atoms with Crippen molar-refractivity contribution in [1.82, 2.24) is 0 Å². The summed E-state index contributed by atoms with van der Waals surface area (Å²) in [6, 6.07) is 0. The van der Waals surface area contributed by atoms with Crippen LogP contribution in [0.4, 0.5) is 0 Å². The molecule has 1 radical (unpaired) electrons. The highest BCUT2D eigenvalue weighted by Gasteiger charge is 1.68. The minimum atomic E-state index is 0.880. The quantitative estimate of drug-likeness (QED) is 0.561. The maximum atomic E-state index is 3.10. The van der Waals surface area contributed by atoms with E-state index >= 15 is 0 Å². The summed E-state index contributed by atoms with van der Waals surface area (Å²) < 4.78 is 0.880. The molecule has 0 saturated carbocycles. The molecule has 0 aliphatic heterocycles. The minimum absolute atomic E-state index is 0.880. The van der Waals surface area contributed by atoms with E-state index in [1.165, 1.54) is 0 Å². The van der Waals surface area contributed by atoms with Gasteiger partial charge in [-0.2, -0.15) is 0 Å². The van der Waals surface area contributed by atoms with Crippen LogP contribution in [0.25, 0.3) is 0 Å². The van der Waals surface area contributed by atoms with E-state index in [1.807, 2.05) is 6.92 Å². The Bertz CT molecular complexity index is 42.9. The second-order valence-corrected chi connectivity index (χ2v) is 3.16. The van der Waals surface area contributed by atoms with E-state index in [4.69, 9.17) is 0 Å². The van der Waals surface area contributed by atoms with Crippen LogP contribution >= 0.6 is 31.9 Å². The van der Waals surface area contributed by atoms with Gasteiger partial charge in [0.1, 0.15) is 0 Å².